The zero-order valence-corrected chi connectivity index (χ0v) is 13.1. The Bertz CT molecular complexity index is 648. The summed E-state index contributed by atoms with van der Waals surface area (Å²) in [5.41, 5.74) is 2.98. The van der Waals surface area contributed by atoms with Crippen LogP contribution in [-0.4, -0.2) is 17.8 Å². The van der Waals surface area contributed by atoms with Gasteiger partial charge in [-0.2, -0.15) is 0 Å². The SMILES string of the molecule is COc1ccc(C)c(CC(=S)CC(=O)c2ccccc2)c1. The monoisotopic (exact) mass is 298 g/mol. The number of Topliss-reactive ketones (excluding diaryl/α,β-unsaturated/α-hetero) is 1. The molecule has 108 valence electrons. The van der Waals surface area contributed by atoms with Crippen LogP contribution in [0.2, 0.25) is 0 Å². The predicted molar refractivity (Wildman–Crippen MR) is 89.4 cm³/mol. The fraction of sp³-hybridized carbons (Fsp3) is 0.222. The highest BCUT2D eigenvalue weighted by Gasteiger charge is 2.10. The van der Waals surface area contributed by atoms with E-state index in [0.717, 1.165) is 21.7 Å². The Balaban J connectivity index is 2.04. The van der Waals surface area contributed by atoms with E-state index in [2.05, 4.69) is 0 Å². The zero-order chi connectivity index (χ0) is 15.2. The molecule has 0 unspecified atom stereocenters. The van der Waals surface area contributed by atoms with Crippen LogP contribution in [0.25, 0.3) is 0 Å². The molecule has 3 heteroatoms. The number of rotatable bonds is 6. The van der Waals surface area contributed by atoms with Gasteiger partial charge in [-0.15, -0.1) is 0 Å². The Hall–Kier alpha value is -2.00. The Labute approximate surface area is 130 Å². The molecule has 0 aromatic heterocycles. The van der Waals surface area contributed by atoms with Crippen LogP contribution in [0.4, 0.5) is 0 Å². The number of carbonyl (C=O) groups excluding carboxylic acids is 1. The molecule has 0 fully saturated rings. The second kappa shape index (κ2) is 7.14. The number of hydrogen-bond acceptors (Lipinski definition) is 3. The Morgan fingerprint density at radius 3 is 2.52 bits per heavy atom. The van der Waals surface area contributed by atoms with E-state index in [1.54, 1.807) is 7.11 Å². The van der Waals surface area contributed by atoms with Gasteiger partial charge in [0.25, 0.3) is 0 Å². The maximum atomic E-state index is 12.1. The minimum atomic E-state index is 0.0705. The van der Waals surface area contributed by atoms with Gasteiger partial charge >= 0.3 is 0 Å². The second-order valence-electron chi connectivity index (χ2n) is 4.97. The van der Waals surface area contributed by atoms with Crippen LogP contribution in [0.1, 0.15) is 27.9 Å². The van der Waals surface area contributed by atoms with E-state index >= 15 is 0 Å². The third-order valence-corrected chi connectivity index (χ3v) is 3.69. The molecule has 0 aliphatic heterocycles. The lowest BCUT2D eigenvalue weighted by Crippen LogP contribution is -2.09. The molecule has 2 nitrogen and oxygen atoms in total. The van der Waals surface area contributed by atoms with Crippen molar-refractivity contribution in [2.24, 2.45) is 0 Å². The van der Waals surface area contributed by atoms with Crippen molar-refractivity contribution in [3.63, 3.8) is 0 Å². The predicted octanol–water partition coefficient (Wildman–Crippen LogP) is 4.19. The first-order valence-electron chi connectivity index (χ1n) is 6.83. The lowest BCUT2D eigenvalue weighted by atomic mass is 9.99. The first-order valence-corrected chi connectivity index (χ1v) is 7.24. The topological polar surface area (TPSA) is 26.3 Å². The van der Waals surface area contributed by atoms with Crippen molar-refractivity contribution in [2.45, 2.75) is 19.8 Å². The minimum absolute atomic E-state index is 0.0705. The fourth-order valence-electron chi connectivity index (χ4n) is 2.15. The van der Waals surface area contributed by atoms with Gasteiger partial charge in [0, 0.05) is 23.3 Å². The maximum Gasteiger partial charge on any atom is 0.167 e. The molecule has 0 aliphatic rings. The summed E-state index contributed by atoms with van der Waals surface area (Å²) in [6.07, 6.45) is 0.924. The molecule has 2 aromatic carbocycles. The molecule has 0 saturated heterocycles. The summed E-state index contributed by atoms with van der Waals surface area (Å²) < 4.78 is 5.23. The third-order valence-electron chi connectivity index (χ3n) is 3.40. The van der Waals surface area contributed by atoms with Crippen molar-refractivity contribution >= 4 is 22.9 Å². The minimum Gasteiger partial charge on any atom is -0.497 e. The van der Waals surface area contributed by atoms with E-state index in [1.165, 1.54) is 0 Å². The van der Waals surface area contributed by atoms with Gasteiger partial charge in [-0.3, -0.25) is 4.79 Å². The van der Waals surface area contributed by atoms with Crippen LogP contribution >= 0.6 is 12.2 Å². The Morgan fingerprint density at radius 1 is 1.14 bits per heavy atom. The highest BCUT2D eigenvalue weighted by Crippen LogP contribution is 2.19. The third kappa shape index (κ3) is 4.23. The van der Waals surface area contributed by atoms with Crippen LogP contribution in [0.15, 0.2) is 48.5 Å². The van der Waals surface area contributed by atoms with Gasteiger partial charge in [0.05, 0.1) is 7.11 Å². The number of ether oxygens (including phenoxy) is 1. The number of benzene rings is 2. The molecule has 0 amide bonds. The van der Waals surface area contributed by atoms with E-state index in [-0.39, 0.29) is 5.78 Å². The van der Waals surface area contributed by atoms with Crippen molar-refractivity contribution in [1.29, 1.82) is 0 Å². The molecule has 0 heterocycles. The number of hydrogen-bond donors (Lipinski definition) is 0. The highest BCUT2D eigenvalue weighted by atomic mass is 32.1. The number of carbonyl (C=O) groups is 1. The largest absolute Gasteiger partial charge is 0.497 e. The van der Waals surface area contributed by atoms with Gasteiger partial charge in [0.1, 0.15) is 5.75 Å². The van der Waals surface area contributed by atoms with E-state index in [9.17, 15) is 4.79 Å². The molecular formula is C18H18O2S. The first kappa shape index (κ1) is 15.4. The van der Waals surface area contributed by atoms with Crippen molar-refractivity contribution in [3.05, 3.63) is 65.2 Å². The first-order chi connectivity index (χ1) is 10.1. The standard InChI is InChI=1S/C18H18O2S/c1-13-8-9-16(20-2)10-15(13)11-17(21)12-18(19)14-6-4-3-5-7-14/h3-10H,11-12H2,1-2H3. The van der Waals surface area contributed by atoms with Gasteiger partial charge in [0.2, 0.25) is 0 Å². The molecule has 0 aliphatic carbocycles. The van der Waals surface area contributed by atoms with E-state index in [1.807, 2.05) is 55.5 Å². The quantitative estimate of drug-likeness (QED) is 0.591. The molecule has 0 atom stereocenters. The second-order valence-corrected chi connectivity index (χ2v) is 5.55. The summed E-state index contributed by atoms with van der Waals surface area (Å²) in [6, 6.07) is 15.2. The number of methoxy groups -OCH3 is 1. The number of ketones is 1. The average Bonchev–Trinajstić information content (AvgIpc) is 2.50. The van der Waals surface area contributed by atoms with Crippen molar-refractivity contribution in [3.8, 4) is 5.75 Å². The average molecular weight is 298 g/mol. The van der Waals surface area contributed by atoms with Gasteiger partial charge in [-0.05, 0) is 30.2 Å². The lowest BCUT2D eigenvalue weighted by molar-refractivity contribution is 0.100. The van der Waals surface area contributed by atoms with Crippen LogP contribution < -0.4 is 4.74 Å². The van der Waals surface area contributed by atoms with E-state index in [4.69, 9.17) is 17.0 Å². The molecule has 0 spiro atoms. The molecule has 2 rings (SSSR count). The number of thiocarbonyl (C=S) groups is 1. The lowest BCUT2D eigenvalue weighted by Gasteiger charge is -2.09. The Morgan fingerprint density at radius 2 is 1.86 bits per heavy atom. The van der Waals surface area contributed by atoms with E-state index in [0.29, 0.717) is 18.4 Å². The molecule has 0 bridgehead atoms. The maximum absolute atomic E-state index is 12.1. The summed E-state index contributed by atoms with van der Waals surface area (Å²) in [6.45, 7) is 2.04. The van der Waals surface area contributed by atoms with Crippen molar-refractivity contribution in [1.82, 2.24) is 0 Å². The molecule has 21 heavy (non-hydrogen) atoms. The van der Waals surface area contributed by atoms with Crippen LogP contribution in [0.3, 0.4) is 0 Å². The number of aryl methyl sites for hydroxylation is 1. The molecular weight excluding hydrogens is 280 g/mol. The van der Waals surface area contributed by atoms with Crippen LogP contribution in [0, 0.1) is 6.92 Å². The highest BCUT2D eigenvalue weighted by molar-refractivity contribution is 7.80. The van der Waals surface area contributed by atoms with Gasteiger partial charge in [-0.1, -0.05) is 48.6 Å². The fourth-order valence-corrected chi connectivity index (χ4v) is 2.43. The molecule has 0 saturated carbocycles. The van der Waals surface area contributed by atoms with E-state index < -0.39 is 0 Å². The van der Waals surface area contributed by atoms with Crippen molar-refractivity contribution in [2.75, 3.05) is 7.11 Å². The normalized spacial score (nSPS) is 10.2. The molecule has 2 aromatic rings. The molecule has 0 N–H and O–H groups in total. The van der Waals surface area contributed by atoms with Crippen LogP contribution in [-0.2, 0) is 6.42 Å². The Kier molecular flexibility index (Phi) is 5.23. The summed E-state index contributed by atoms with van der Waals surface area (Å²) >= 11 is 5.39. The van der Waals surface area contributed by atoms with Gasteiger partial charge in [0.15, 0.2) is 5.78 Å². The summed E-state index contributed by atoms with van der Waals surface area (Å²) in [7, 11) is 1.64. The van der Waals surface area contributed by atoms with Gasteiger partial charge in [-0.25, -0.2) is 0 Å². The summed E-state index contributed by atoms with van der Waals surface area (Å²) in [5, 5.41) is 0. The van der Waals surface area contributed by atoms with Gasteiger partial charge < -0.3 is 4.74 Å². The van der Waals surface area contributed by atoms with Crippen LogP contribution in [0.5, 0.6) is 5.75 Å². The zero-order valence-electron chi connectivity index (χ0n) is 12.3. The summed E-state index contributed by atoms with van der Waals surface area (Å²) in [5.74, 6) is 0.883. The van der Waals surface area contributed by atoms with Crippen molar-refractivity contribution < 1.29 is 9.53 Å². The molecule has 0 radical (unpaired) electrons. The smallest absolute Gasteiger partial charge is 0.167 e. The summed E-state index contributed by atoms with van der Waals surface area (Å²) in [4.78, 5) is 12.9.